The molecule has 2 aromatic carbocycles. The van der Waals surface area contributed by atoms with Gasteiger partial charge in [-0.2, -0.15) is 9.61 Å². The summed E-state index contributed by atoms with van der Waals surface area (Å²) in [6.45, 7) is 5.21. The number of aryl methyl sites for hydroxylation is 1. The van der Waals surface area contributed by atoms with Crippen molar-refractivity contribution in [2.75, 3.05) is 39.9 Å². The van der Waals surface area contributed by atoms with Gasteiger partial charge in [-0.3, -0.25) is 14.5 Å². The van der Waals surface area contributed by atoms with Crippen LogP contribution >= 0.6 is 11.3 Å². The smallest absolute Gasteiger partial charge is 0.275 e. The largest absolute Gasteiger partial charge is 0.497 e. The van der Waals surface area contributed by atoms with Crippen molar-refractivity contribution in [3.63, 3.8) is 0 Å². The summed E-state index contributed by atoms with van der Waals surface area (Å²) in [7, 11) is 1.62. The van der Waals surface area contributed by atoms with Gasteiger partial charge < -0.3 is 14.4 Å². The minimum absolute atomic E-state index is 0.0243. The topological polar surface area (TPSA) is 89.3 Å². The molecule has 0 spiro atoms. The summed E-state index contributed by atoms with van der Waals surface area (Å²) in [5.41, 5.74) is 2.55. The third kappa shape index (κ3) is 5.39. The molecule has 36 heavy (non-hydrogen) atoms. The third-order valence-corrected chi connectivity index (χ3v) is 7.09. The Balaban J connectivity index is 1.18. The number of fused-ring (bicyclic) bond motifs is 1. The van der Waals surface area contributed by atoms with E-state index < -0.39 is 0 Å². The minimum atomic E-state index is -0.201. The highest BCUT2D eigenvalue weighted by atomic mass is 32.1. The molecule has 1 amide bonds. The molecule has 4 aromatic rings. The van der Waals surface area contributed by atoms with Gasteiger partial charge in [0, 0.05) is 44.4 Å². The molecule has 0 unspecified atom stereocenters. The van der Waals surface area contributed by atoms with E-state index in [9.17, 15) is 9.59 Å². The van der Waals surface area contributed by atoms with E-state index in [1.54, 1.807) is 7.11 Å². The lowest BCUT2D eigenvalue weighted by Gasteiger charge is -2.34. The first-order valence-electron chi connectivity index (χ1n) is 11.7. The summed E-state index contributed by atoms with van der Waals surface area (Å²) < 4.78 is 12.2. The zero-order chi connectivity index (χ0) is 25.1. The van der Waals surface area contributed by atoms with E-state index in [0.717, 1.165) is 21.9 Å². The lowest BCUT2D eigenvalue weighted by molar-refractivity contribution is -0.135. The SMILES string of the molecule is COc1ccc(-c2nn3c(=O)cc(CN4CCN(C(=O)COc5ccc(C)cc5)CC4)nc3s2)cc1. The third-order valence-electron chi connectivity index (χ3n) is 6.13. The summed E-state index contributed by atoms with van der Waals surface area (Å²) in [6.07, 6.45) is 0. The summed E-state index contributed by atoms with van der Waals surface area (Å²) >= 11 is 1.38. The van der Waals surface area contributed by atoms with Crippen LogP contribution in [0.4, 0.5) is 0 Å². The Kier molecular flexibility index (Phi) is 6.97. The molecule has 1 saturated heterocycles. The van der Waals surface area contributed by atoms with E-state index in [1.807, 2.05) is 60.4 Å². The number of ether oxygens (including phenoxy) is 2. The van der Waals surface area contributed by atoms with Gasteiger partial charge in [-0.1, -0.05) is 29.0 Å². The number of carbonyl (C=O) groups is 1. The first-order valence-corrected chi connectivity index (χ1v) is 12.5. The van der Waals surface area contributed by atoms with Gasteiger partial charge in [-0.25, -0.2) is 4.98 Å². The molecular formula is C26H27N5O4S. The molecule has 0 N–H and O–H groups in total. The Labute approximate surface area is 212 Å². The van der Waals surface area contributed by atoms with Crippen LogP contribution in [0.25, 0.3) is 15.5 Å². The highest BCUT2D eigenvalue weighted by Crippen LogP contribution is 2.26. The second-order valence-corrected chi connectivity index (χ2v) is 9.63. The van der Waals surface area contributed by atoms with E-state index in [4.69, 9.17) is 9.47 Å². The molecule has 9 nitrogen and oxygen atoms in total. The van der Waals surface area contributed by atoms with Crippen LogP contribution in [0.2, 0.25) is 0 Å². The highest BCUT2D eigenvalue weighted by Gasteiger charge is 2.22. The van der Waals surface area contributed by atoms with Gasteiger partial charge in [0.05, 0.1) is 12.8 Å². The average Bonchev–Trinajstić information content (AvgIpc) is 3.33. The van der Waals surface area contributed by atoms with Gasteiger partial charge in [0.15, 0.2) is 6.61 Å². The van der Waals surface area contributed by atoms with Gasteiger partial charge in [-0.05, 0) is 43.3 Å². The fourth-order valence-corrected chi connectivity index (χ4v) is 4.97. The Bertz CT molecular complexity index is 1410. The van der Waals surface area contributed by atoms with E-state index >= 15 is 0 Å². The van der Waals surface area contributed by atoms with Gasteiger partial charge in [0.25, 0.3) is 11.5 Å². The zero-order valence-corrected chi connectivity index (χ0v) is 21.0. The number of rotatable bonds is 7. The number of methoxy groups -OCH3 is 1. The molecule has 0 atom stereocenters. The number of hydrogen-bond acceptors (Lipinski definition) is 8. The Morgan fingerprint density at radius 2 is 1.69 bits per heavy atom. The number of aromatic nitrogens is 3. The first kappa shape index (κ1) is 24.0. The summed E-state index contributed by atoms with van der Waals surface area (Å²) in [6, 6.07) is 16.8. The lowest BCUT2D eigenvalue weighted by Crippen LogP contribution is -2.49. The molecule has 2 aromatic heterocycles. The number of hydrogen-bond donors (Lipinski definition) is 0. The number of amides is 1. The number of nitrogens with zero attached hydrogens (tertiary/aromatic N) is 5. The van der Waals surface area contributed by atoms with Crippen molar-refractivity contribution in [1.82, 2.24) is 24.4 Å². The average molecular weight is 506 g/mol. The summed E-state index contributed by atoms with van der Waals surface area (Å²) in [5.74, 6) is 1.43. The molecule has 5 rings (SSSR count). The fourth-order valence-electron chi connectivity index (χ4n) is 4.04. The molecule has 0 bridgehead atoms. The fraction of sp³-hybridized carbons (Fsp3) is 0.308. The van der Waals surface area contributed by atoms with Crippen LogP contribution in [-0.2, 0) is 11.3 Å². The summed E-state index contributed by atoms with van der Waals surface area (Å²) in [4.78, 5) is 34.5. The van der Waals surface area contributed by atoms with Crippen molar-refractivity contribution in [3.05, 3.63) is 76.2 Å². The molecule has 186 valence electrons. The molecule has 1 fully saturated rings. The molecule has 0 radical (unpaired) electrons. The Morgan fingerprint density at radius 1 is 1.00 bits per heavy atom. The van der Waals surface area contributed by atoms with E-state index in [0.29, 0.717) is 49.1 Å². The highest BCUT2D eigenvalue weighted by molar-refractivity contribution is 7.19. The standard InChI is InChI=1S/C26H27N5O4S/c1-18-3-7-22(8-4-18)35-17-24(33)30-13-11-29(12-14-30)16-20-15-23(32)31-26(27-20)36-25(28-31)19-5-9-21(34-2)10-6-19/h3-10,15H,11-14,16-17H2,1-2H3. The second kappa shape index (κ2) is 10.5. The molecule has 3 heterocycles. The molecule has 1 aliphatic rings. The number of carbonyl (C=O) groups excluding carboxylic acids is 1. The van der Waals surface area contributed by atoms with Crippen LogP contribution in [0.5, 0.6) is 11.5 Å². The normalized spacial score (nSPS) is 14.2. The predicted molar refractivity (Wildman–Crippen MR) is 138 cm³/mol. The zero-order valence-electron chi connectivity index (χ0n) is 20.2. The maximum Gasteiger partial charge on any atom is 0.275 e. The molecule has 0 aliphatic carbocycles. The Morgan fingerprint density at radius 3 is 2.39 bits per heavy atom. The van der Waals surface area contributed by atoms with E-state index in [2.05, 4.69) is 15.0 Å². The Hall–Kier alpha value is -3.76. The monoisotopic (exact) mass is 505 g/mol. The van der Waals surface area contributed by atoms with Crippen molar-refractivity contribution >= 4 is 22.2 Å². The van der Waals surface area contributed by atoms with Crippen molar-refractivity contribution in [1.29, 1.82) is 0 Å². The number of piperazine rings is 1. The quantitative estimate of drug-likeness (QED) is 0.382. The maximum absolute atomic E-state index is 12.7. The molecule has 10 heteroatoms. The van der Waals surface area contributed by atoms with E-state index in [-0.39, 0.29) is 18.1 Å². The second-order valence-electron chi connectivity index (χ2n) is 8.67. The molecule has 0 saturated carbocycles. The van der Waals surface area contributed by atoms with Gasteiger partial charge in [0.1, 0.15) is 16.5 Å². The lowest BCUT2D eigenvalue weighted by atomic mass is 10.2. The van der Waals surface area contributed by atoms with E-state index in [1.165, 1.54) is 21.9 Å². The van der Waals surface area contributed by atoms with Crippen LogP contribution in [0.1, 0.15) is 11.3 Å². The maximum atomic E-state index is 12.7. The van der Waals surface area contributed by atoms with Gasteiger partial charge >= 0.3 is 0 Å². The minimum Gasteiger partial charge on any atom is -0.497 e. The predicted octanol–water partition coefficient (Wildman–Crippen LogP) is 2.86. The van der Waals surface area contributed by atoms with Gasteiger partial charge in [0.2, 0.25) is 4.96 Å². The van der Waals surface area contributed by atoms with Crippen molar-refractivity contribution < 1.29 is 14.3 Å². The van der Waals surface area contributed by atoms with Crippen LogP contribution in [0.3, 0.4) is 0 Å². The van der Waals surface area contributed by atoms with Crippen molar-refractivity contribution in [3.8, 4) is 22.1 Å². The molecule has 1 aliphatic heterocycles. The van der Waals surface area contributed by atoms with Crippen molar-refractivity contribution in [2.45, 2.75) is 13.5 Å². The molecular weight excluding hydrogens is 478 g/mol. The van der Waals surface area contributed by atoms with Crippen LogP contribution in [0, 0.1) is 6.92 Å². The first-order chi connectivity index (χ1) is 17.5. The summed E-state index contributed by atoms with van der Waals surface area (Å²) in [5, 5.41) is 5.17. The van der Waals surface area contributed by atoms with Crippen LogP contribution in [0.15, 0.2) is 59.4 Å². The van der Waals surface area contributed by atoms with Crippen LogP contribution in [-0.4, -0.2) is 70.2 Å². The van der Waals surface area contributed by atoms with Gasteiger partial charge in [-0.15, -0.1) is 0 Å². The van der Waals surface area contributed by atoms with Crippen LogP contribution < -0.4 is 15.0 Å². The number of benzene rings is 2. The van der Waals surface area contributed by atoms with Crippen molar-refractivity contribution in [2.24, 2.45) is 0 Å².